The van der Waals surface area contributed by atoms with Gasteiger partial charge in [0.2, 0.25) is 0 Å². The van der Waals surface area contributed by atoms with E-state index in [2.05, 4.69) is 15.9 Å². The lowest BCUT2D eigenvalue weighted by Crippen LogP contribution is -1.98. The molecule has 3 rings (SSSR count). The minimum Gasteiger partial charge on any atom is -0.493 e. The maximum Gasteiger partial charge on any atom is 0.164 e. The highest BCUT2D eigenvalue weighted by molar-refractivity contribution is 9.10. The van der Waals surface area contributed by atoms with E-state index in [1.807, 2.05) is 30.3 Å². The fraction of sp³-hybridized carbons (Fsp3) is 0.235. The maximum absolute atomic E-state index is 12.3. The molecule has 0 amide bonds. The van der Waals surface area contributed by atoms with E-state index < -0.39 is 0 Å². The largest absolute Gasteiger partial charge is 0.493 e. The maximum atomic E-state index is 12.3. The van der Waals surface area contributed by atoms with Crippen LogP contribution in [0.25, 0.3) is 0 Å². The zero-order chi connectivity index (χ0) is 15.0. The Balaban J connectivity index is 2.10. The van der Waals surface area contributed by atoms with Crippen molar-refractivity contribution >= 4 is 21.7 Å². The minimum atomic E-state index is 0.0837. The highest BCUT2D eigenvalue weighted by Crippen LogP contribution is 2.43. The van der Waals surface area contributed by atoms with E-state index in [1.54, 1.807) is 20.3 Å². The van der Waals surface area contributed by atoms with E-state index in [4.69, 9.17) is 9.47 Å². The first-order chi connectivity index (χ1) is 10.1. The Kier molecular flexibility index (Phi) is 3.72. The summed E-state index contributed by atoms with van der Waals surface area (Å²) in [5.41, 5.74) is 2.89. The number of hydrogen-bond acceptors (Lipinski definition) is 3. The molecule has 2 aromatic rings. The molecule has 0 spiro atoms. The SMILES string of the molecule is COc1cc2c(cc1OC)[C@H](c1ccc(Br)cc1)CC2=O. The van der Waals surface area contributed by atoms with Gasteiger partial charge in [-0.15, -0.1) is 0 Å². The molecule has 3 nitrogen and oxygen atoms in total. The number of methoxy groups -OCH3 is 2. The first-order valence-corrected chi connectivity index (χ1v) is 7.48. The molecule has 108 valence electrons. The van der Waals surface area contributed by atoms with Crippen LogP contribution in [0.2, 0.25) is 0 Å². The molecule has 0 unspecified atom stereocenters. The van der Waals surface area contributed by atoms with E-state index in [1.165, 1.54) is 0 Å². The average Bonchev–Trinajstić information content (AvgIpc) is 2.83. The van der Waals surface area contributed by atoms with Gasteiger partial charge in [-0.05, 0) is 35.4 Å². The monoisotopic (exact) mass is 346 g/mol. The second-order valence-electron chi connectivity index (χ2n) is 5.03. The highest BCUT2D eigenvalue weighted by Gasteiger charge is 2.32. The Morgan fingerprint density at radius 1 is 1.05 bits per heavy atom. The quantitative estimate of drug-likeness (QED) is 0.835. The molecule has 2 aromatic carbocycles. The van der Waals surface area contributed by atoms with Crippen LogP contribution in [0.1, 0.15) is 33.8 Å². The molecule has 0 radical (unpaired) electrons. The number of rotatable bonds is 3. The van der Waals surface area contributed by atoms with Crippen LogP contribution in [0, 0.1) is 0 Å². The van der Waals surface area contributed by atoms with Crippen molar-refractivity contribution in [3.8, 4) is 11.5 Å². The lowest BCUT2D eigenvalue weighted by atomic mass is 9.93. The summed E-state index contributed by atoms with van der Waals surface area (Å²) in [5, 5.41) is 0. The summed E-state index contributed by atoms with van der Waals surface area (Å²) in [4.78, 5) is 12.3. The molecule has 0 heterocycles. The number of fused-ring (bicyclic) bond motifs is 1. The highest BCUT2D eigenvalue weighted by atomic mass is 79.9. The third kappa shape index (κ3) is 2.44. The Bertz CT molecular complexity index is 692. The molecular weight excluding hydrogens is 332 g/mol. The number of ketones is 1. The summed E-state index contributed by atoms with van der Waals surface area (Å²) in [6.45, 7) is 0. The van der Waals surface area contributed by atoms with E-state index in [0.29, 0.717) is 17.9 Å². The van der Waals surface area contributed by atoms with Gasteiger partial charge in [-0.2, -0.15) is 0 Å². The molecule has 0 saturated carbocycles. The molecular formula is C17H15BrO3. The second kappa shape index (κ2) is 5.53. The summed E-state index contributed by atoms with van der Waals surface area (Å²) in [7, 11) is 3.19. The fourth-order valence-electron chi connectivity index (χ4n) is 2.82. The molecule has 0 N–H and O–H groups in total. The van der Waals surface area contributed by atoms with Crippen LogP contribution in [-0.2, 0) is 0 Å². The summed E-state index contributed by atoms with van der Waals surface area (Å²) < 4.78 is 11.7. The molecule has 0 fully saturated rings. The summed E-state index contributed by atoms with van der Waals surface area (Å²) in [5.74, 6) is 1.49. The standard InChI is InChI=1S/C17H15BrO3/c1-20-16-8-13-12(10-3-5-11(18)6-4-10)7-15(19)14(13)9-17(16)21-2/h3-6,8-9,12H,7H2,1-2H3/t12-/m0/s1. The molecule has 4 heteroatoms. The minimum absolute atomic E-state index is 0.0837. The average molecular weight is 347 g/mol. The van der Waals surface area contributed by atoms with Gasteiger partial charge in [0, 0.05) is 22.4 Å². The first-order valence-electron chi connectivity index (χ1n) is 6.68. The number of hydrogen-bond donors (Lipinski definition) is 0. The first kappa shape index (κ1) is 14.1. The topological polar surface area (TPSA) is 35.5 Å². The Morgan fingerprint density at radius 3 is 2.29 bits per heavy atom. The molecule has 0 aliphatic heterocycles. The van der Waals surface area contributed by atoms with Crippen molar-refractivity contribution in [1.82, 2.24) is 0 Å². The number of ether oxygens (including phenoxy) is 2. The number of carbonyl (C=O) groups is 1. The Morgan fingerprint density at radius 2 is 1.67 bits per heavy atom. The third-order valence-corrected chi connectivity index (χ3v) is 4.42. The lowest BCUT2D eigenvalue weighted by molar-refractivity contribution is 0.0991. The Hall–Kier alpha value is -1.81. The number of halogens is 1. The van der Waals surface area contributed by atoms with Crippen molar-refractivity contribution in [1.29, 1.82) is 0 Å². The zero-order valence-corrected chi connectivity index (χ0v) is 13.4. The van der Waals surface area contributed by atoms with E-state index in [0.717, 1.165) is 21.2 Å². The Labute approximate surface area is 132 Å². The van der Waals surface area contributed by atoms with Gasteiger partial charge in [-0.25, -0.2) is 0 Å². The smallest absolute Gasteiger partial charge is 0.164 e. The van der Waals surface area contributed by atoms with Gasteiger partial charge in [-0.1, -0.05) is 28.1 Å². The van der Waals surface area contributed by atoms with Crippen LogP contribution in [0.4, 0.5) is 0 Å². The molecule has 21 heavy (non-hydrogen) atoms. The molecule has 1 aliphatic carbocycles. The zero-order valence-electron chi connectivity index (χ0n) is 11.9. The van der Waals surface area contributed by atoms with Crippen LogP contribution in [0.3, 0.4) is 0 Å². The van der Waals surface area contributed by atoms with Crippen molar-refractivity contribution in [2.45, 2.75) is 12.3 Å². The van der Waals surface area contributed by atoms with Crippen molar-refractivity contribution in [2.24, 2.45) is 0 Å². The van der Waals surface area contributed by atoms with Crippen LogP contribution in [0.5, 0.6) is 11.5 Å². The van der Waals surface area contributed by atoms with Crippen LogP contribution in [-0.4, -0.2) is 20.0 Å². The summed E-state index contributed by atoms with van der Waals surface area (Å²) in [6.07, 6.45) is 0.493. The fourth-order valence-corrected chi connectivity index (χ4v) is 3.09. The van der Waals surface area contributed by atoms with Crippen molar-refractivity contribution in [3.63, 3.8) is 0 Å². The van der Waals surface area contributed by atoms with E-state index >= 15 is 0 Å². The van der Waals surface area contributed by atoms with E-state index in [9.17, 15) is 4.79 Å². The molecule has 0 aromatic heterocycles. The van der Waals surface area contributed by atoms with Gasteiger partial charge in [0.1, 0.15) is 0 Å². The molecule has 1 atom stereocenters. The molecule has 1 aliphatic rings. The van der Waals surface area contributed by atoms with Gasteiger partial charge in [0.25, 0.3) is 0 Å². The lowest BCUT2D eigenvalue weighted by Gasteiger charge is -2.14. The van der Waals surface area contributed by atoms with Gasteiger partial charge < -0.3 is 9.47 Å². The van der Waals surface area contributed by atoms with Gasteiger partial charge >= 0.3 is 0 Å². The van der Waals surface area contributed by atoms with E-state index in [-0.39, 0.29) is 11.7 Å². The van der Waals surface area contributed by atoms with Crippen LogP contribution in [0.15, 0.2) is 40.9 Å². The van der Waals surface area contributed by atoms with Gasteiger partial charge in [0.05, 0.1) is 14.2 Å². The van der Waals surface area contributed by atoms with Crippen LogP contribution < -0.4 is 9.47 Å². The van der Waals surface area contributed by atoms with Crippen LogP contribution >= 0.6 is 15.9 Å². The predicted octanol–water partition coefficient (Wildman–Crippen LogP) is 4.18. The number of carbonyl (C=O) groups excluding carboxylic acids is 1. The second-order valence-corrected chi connectivity index (χ2v) is 5.94. The number of benzene rings is 2. The third-order valence-electron chi connectivity index (χ3n) is 3.89. The summed E-state index contributed by atoms with van der Waals surface area (Å²) in [6, 6.07) is 11.8. The van der Waals surface area contributed by atoms with Gasteiger partial charge in [-0.3, -0.25) is 4.79 Å². The predicted molar refractivity (Wildman–Crippen MR) is 84.5 cm³/mol. The summed E-state index contributed by atoms with van der Waals surface area (Å²) >= 11 is 3.44. The molecule has 0 saturated heterocycles. The molecule has 0 bridgehead atoms. The van der Waals surface area contributed by atoms with Crippen molar-refractivity contribution in [2.75, 3.05) is 14.2 Å². The van der Waals surface area contributed by atoms with Gasteiger partial charge in [0.15, 0.2) is 17.3 Å². The number of Topliss-reactive ketones (excluding diaryl/α,β-unsaturated/α-hetero) is 1. The normalized spacial score (nSPS) is 16.7. The van der Waals surface area contributed by atoms with Crippen molar-refractivity contribution in [3.05, 3.63) is 57.6 Å². The van der Waals surface area contributed by atoms with Crippen molar-refractivity contribution < 1.29 is 14.3 Å².